The summed E-state index contributed by atoms with van der Waals surface area (Å²) in [6.45, 7) is 0. The van der Waals surface area contributed by atoms with Crippen LogP contribution < -0.4 is 9.80 Å². The van der Waals surface area contributed by atoms with Gasteiger partial charge in [0.25, 0.3) is 0 Å². The number of hydrogen-bond acceptors (Lipinski definition) is 2. The fourth-order valence-corrected chi connectivity index (χ4v) is 9.63. The number of fused-ring (bicyclic) bond motifs is 5. The molecule has 0 radical (unpaired) electrons. The molecule has 306 valence electrons. The van der Waals surface area contributed by atoms with Crippen molar-refractivity contribution in [2.24, 2.45) is 0 Å². The van der Waals surface area contributed by atoms with Crippen LogP contribution in [-0.2, 0) is 0 Å². The van der Waals surface area contributed by atoms with Crippen molar-refractivity contribution in [1.29, 1.82) is 0 Å². The van der Waals surface area contributed by atoms with Crippen LogP contribution in [0.4, 0.5) is 34.1 Å². The molecule has 0 aliphatic carbocycles. The fraction of sp³-hybridized carbons (Fsp3) is 0. The first-order chi connectivity index (χ1) is 32.2. The molecular formula is C62H43N3. The quantitative estimate of drug-likeness (QED) is 0.144. The average molecular weight is 830 g/mol. The van der Waals surface area contributed by atoms with E-state index in [2.05, 4.69) is 275 Å². The van der Waals surface area contributed by atoms with Gasteiger partial charge in [-0.3, -0.25) is 0 Å². The van der Waals surface area contributed by atoms with Gasteiger partial charge < -0.3 is 14.4 Å². The molecule has 1 aromatic heterocycles. The van der Waals surface area contributed by atoms with Gasteiger partial charge >= 0.3 is 0 Å². The minimum absolute atomic E-state index is 1.05. The SMILES string of the molecule is c1ccc(-c2ccc(N(c3ccccc3)c3cc(-c4ccc5c6ccccc6n(-c6ccc7ccccc7c6)c5c4)cc(N(c4ccccc4)c4cccc5ccccc45)c3)cc2)cc1. The summed E-state index contributed by atoms with van der Waals surface area (Å²) >= 11 is 0. The van der Waals surface area contributed by atoms with Crippen LogP contribution in [0.3, 0.4) is 0 Å². The van der Waals surface area contributed by atoms with Gasteiger partial charge in [-0.25, -0.2) is 0 Å². The number of rotatable bonds is 9. The monoisotopic (exact) mass is 829 g/mol. The third kappa shape index (κ3) is 6.97. The Labute approximate surface area is 378 Å². The van der Waals surface area contributed by atoms with Gasteiger partial charge in [-0.2, -0.15) is 0 Å². The molecule has 0 unspecified atom stereocenters. The fourth-order valence-electron chi connectivity index (χ4n) is 9.63. The van der Waals surface area contributed by atoms with Gasteiger partial charge in [0.1, 0.15) is 0 Å². The maximum atomic E-state index is 2.43. The lowest BCUT2D eigenvalue weighted by molar-refractivity contribution is 1.19. The standard InChI is InChI=1S/C62H43N3/c1-4-17-44(18-5-1)46-31-35-53(36-32-46)63(51-23-6-2-7-24-51)55-40-50(41-56(43-55)64(52-25-8-3-9-26-52)60-30-16-22-47-20-12-13-27-57(47)60)49-34-38-59-58-28-14-15-29-61(58)65(62(59)42-49)54-37-33-45-19-10-11-21-48(45)39-54/h1-43H. The number of aromatic nitrogens is 1. The molecule has 65 heavy (non-hydrogen) atoms. The van der Waals surface area contributed by atoms with E-state index in [1.807, 2.05) is 0 Å². The lowest BCUT2D eigenvalue weighted by Gasteiger charge is -2.31. The van der Waals surface area contributed by atoms with E-state index in [1.54, 1.807) is 0 Å². The zero-order chi connectivity index (χ0) is 43.1. The van der Waals surface area contributed by atoms with Crippen molar-refractivity contribution in [2.75, 3.05) is 9.80 Å². The first-order valence-electron chi connectivity index (χ1n) is 22.3. The Kier molecular flexibility index (Phi) is 9.50. The Balaban J connectivity index is 1.12. The largest absolute Gasteiger partial charge is 0.310 e. The van der Waals surface area contributed by atoms with Gasteiger partial charge in [0.2, 0.25) is 0 Å². The van der Waals surface area contributed by atoms with Gasteiger partial charge in [-0.15, -0.1) is 0 Å². The zero-order valence-electron chi connectivity index (χ0n) is 35.7. The molecule has 0 saturated carbocycles. The predicted molar refractivity (Wildman–Crippen MR) is 276 cm³/mol. The molecule has 12 aromatic rings. The van der Waals surface area contributed by atoms with Crippen LogP contribution in [0.5, 0.6) is 0 Å². The van der Waals surface area contributed by atoms with Crippen LogP contribution in [0.15, 0.2) is 261 Å². The number of benzene rings is 11. The summed E-state index contributed by atoms with van der Waals surface area (Å²) in [6.07, 6.45) is 0. The minimum atomic E-state index is 1.05. The molecule has 12 rings (SSSR count). The lowest BCUT2D eigenvalue weighted by atomic mass is 9.99. The molecule has 0 spiro atoms. The van der Waals surface area contributed by atoms with Crippen LogP contribution in [-0.4, -0.2) is 4.57 Å². The molecule has 0 atom stereocenters. The van der Waals surface area contributed by atoms with Crippen LogP contribution in [0, 0.1) is 0 Å². The summed E-state index contributed by atoms with van der Waals surface area (Å²) < 4.78 is 2.43. The van der Waals surface area contributed by atoms with Crippen molar-refractivity contribution in [1.82, 2.24) is 4.57 Å². The van der Waals surface area contributed by atoms with Gasteiger partial charge in [0.15, 0.2) is 0 Å². The third-order valence-electron chi connectivity index (χ3n) is 12.7. The van der Waals surface area contributed by atoms with E-state index in [4.69, 9.17) is 0 Å². The van der Waals surface area contributed by atoms with Crippen LogP contribution in [0.2, 0.25) is 0 Å². The smallest absolute Gasteiger partial charge is 0.0547 e. The highest BCUT2D eigenvalue weighted by atomic mass is 15.2. The summed E-state index contributed by atoms with van der Waals surface area (Å²) in [6, 6.07) is 94.6. The van der Waals surface area contributed by atoms with E-state index >= 15 is 0 Å². The Hall–Kier alpha value is -8.66. The Bertz CT molecular complexity index is 3650. The summed E-state index contributed by atoms with van der Waals surface area (Å²) in [7, 11) is 0. The van der Waals surface area contributed by atoms with E-state index in [0.29, 0.717) is 0 Å². The maximum Gasteiger partial charge on any atom is 0.0547 e. The molecule has 0 aliphatic heterocycles. The normalized spacial score (nSPS) is 11.4. The highest BCUT2D eigenvalue weighted by Gasteiger charge is 2.22. The summed E-state index contributed by atoms with van der Waals surface area (Å²) in [5, 5.41) is 7.28. The predicted octanol–water partition coefficient (Wildman–Crippen LogP) is 17.4. The van der Waals surface area contributed by atoms with E-state index in [-0.39, 0.29) is 0 Å². The summed E-state index contributed by atoms with van der Waals surface area (Å²) in [5.41, 5.74) is 14.5. The molecule has 0 bridgehead atoms. The van der Waals surface area contributed by atoms with E-state index in [9.17, 15) is 0 Å². The Morgan fingerprint density at radius 1 is 0.246 bits per heavy atom. The highest BCUT2D eigenvalue weighted by molar-refractivity contribution is 6.11. The second-order valence-corrected chi connectivity index (χ2v) is 16.6. The van der Waals surface area contributed by atoms with E-state index in [1.165, 1.54) is 49.0 Å². The molecule has 0 aliphatic rings. The Morgan fingerprint density at radius 2 is 0.785 bits per heavy atom. The van der Waals surface area contributed by atoms with Crippen LogP contribution in [0.25, 0.3) is 71.3 Å². The van der Waals surface area contributed by atoms with Gasteiger partial charge in [-0.1, -0.05) is 176 Å². The van der Waals surface area contributed by atoms with Crippen LogP contribution in [0.1, 0.15) is 0 Å². The number of nitrogens with zero attached hydrogens (tertiary/aromatic N) is 3. The third-order valence-corrected chi connectivity index (χ3v) is 12.7. The molecule has 0 saturated heterocycles. The topological polar surface area (TPSA) is 11.4 Å². The van der Waals surface area contributed by atoms with Gasteiger partial charge in [0, 0.05) is 50.3 Å². The van der Waals surface area contributed by atoms with Gasteiger partial charge in [-0.05, 0) is 123 Å². The van der Waals surface area contributed by atoms with Crippen molar-refractivity contribution in [3.05, 3.63) is 261 Å². The van der Waals surface area contributed by atoms with E-state index < -0.39 is 0 Å². The first-order valence-corrected chi connectivity index (χ1v) is 22.3. The lowest BCUT2D eigenvalue weighted by Crippen LogP contribution is -2.14. The molecule has 1 heterocycles. The number of para-hydroxylation sites is 3. The van der Waals surface area contributed by atoms with Crippen molar-refractivity contribution in [3.63, 3.8) is 0 Å². The minimum Gasteiger partial charge on any atom is -0.310 e. The van der Waals surface area contributed by atoms with Gasteiger partial charge in [0.05, 0.1) is 16.7 Å². The van der Waals surface area contributed by atoms with E-state index in [0.717, 1.165) is 56.5 Å². The summed E-state index contributed by atoms with van der Waals surface area (Å²) in [4.78, 5) is 4.81. The summed E-state index contributed by atoms with van der Waals surface area (Å²) in [5.74, 6) is 0. The Morgan fingerprint density at radius 3 is 1.54 bits per heavy atom. The molecule has 11 aromatic carbocycles. The average Bonchev–Trinajstić information content (AvgIpc) is 3.71. The van der Waals surface area contributed by atoms with Crippen LogP contribution >= 0.6 is 0 Å². The number of anilines is 6. The second kappa shape index (κ2) is 16.2. The first kappa shape index (κ1) is 38.0. The maximum absolute atomic E-state index is 2.43. The van der Waals surface area contributed by atoms with Crippen molar-refractivity contribution in [2.45, 2.75) is 0 Å². The zero-order valence-corrected chi connectivity index (χ0v) is 35.7. The molecule has 0 N–H and O–H groups in total. The molecule has 3 heteroatoms. The van der Waals surface area contributed by atoms with Crippen molar-refractivity contribution >= 4 is 77.5 Å². The van der Waals surface area contributed by atoms with Crippen molar-refractivity contribution < 1.29 is 0 Å². The van der Waals surface area contributed by atoms with Crippen molar-refractivity contribution in [3.8, 4) is 27.9 Å². The molecule has 3 nitrogen and oxygen atoms in total. The molecule has 0 fully saturated rings. The molecule has 0 amide bonds. The highest BCUT2D eigenvalue weighted by Crippen LogP contribution is 2.46. The second-order valence-electron chi connectivity index (χ2n) is 16.6. The molecular weight excluding hydrogens is 787 g/mol. The number of hydrogen-bond donors (Lipinski definition) is 0.